The number of benzene rings is 3. The minimum Gasteiger partial charge on any atom is -0.497 e. The molecule has 28 heavy (non-hydrogen) atoms. The van der Waals surface area contributed by atoms with E-state index in [1.165, 1.54) is 54.7 Å². The van der Waals surface area contributed by atoms with Crippen LogP contribution in [-0.4, -0.2) is 15.5 Å². The summed E-state index contributed by atoms with van der Waals surface area (Å²) in [6.45, 7) is 1.52. The Morgan fingerprint density at radius 3 is 2.25 bits per heavy atom. The van der Waals surface area contributed by atoms with E-state index in [-0.39, 0.29) is 11.4 Å². The molecule has 3 rings (SSSR count). The van der Waals surface area contributed by atoms with Crippen molar-refractivity contribution in [2.45, 2.75) is 18.4 Å². The molecule has 0 amide bonds. The van der Waals surface area contributed by atoms with Crippen molar-refractivity contribution < 1.29 is 21.9 Å². The van der Waals surface area contributed by atoms with Gasteiger partial charge in [0.1, 0.15) is 17.4 Å². The van der Waals surface area contributed by atoms with Gasteiger partial charge in [-0.3, -0.25) is 4.31 Å². The molecular weight excluding hydrogens is 384 g/mol. The Hall–Kier alpha value is -2.93. The summed E-state index contributed by atoms with van der Waals surface area (Å²) < 4.78 is 60.0. The third-order valence-corrected chi connectivity index (χ3v) is 6.22. The van der Waals surface area contributed by atoms with Crippen molar-refractivity contribution in [3.8, 4) is 5.75 Å². The van der Waals surface area contributed by atoms with E-state index in [9.17, 15) is 17.2 Å². The van der Waals surface area contributed by atoms with Crippen LogP contribution in [0.1, 0.15) is 11.1 Å². The molecule has 0 fully saturated rings. The molecule has 3 aromatic carbocycles. The Morgan fingerprint density at radius 1 is 0.929 bits per heavy atom. The van der Waals surface area contributed by atoms with Crippen LogP contribution in [0.25, 0.3) is 0 Å². The highest BCUT2D eigenvalue weighted by atomic mass is 32.2. The Balaban J connectivity index is 2.12. The molecule has 0 spiro atoms. The fourth-order valence-electron chi connectivity index (χ4n) is 2.86. The molecule has 0 aliphatic heterocycles. The minimum atomic E-state index is -4.02. The first kappa shape index (κ1) is 19.8. The van der Waals surface area contributed by atoms with Gasteiger partial charge in [0.25, 0.3) is 10.0 Å². The first-order chi connectivity index (χ1) is 13.3. The minimum absolute atomic E-state index is 0.00108. The molecule has 0 saturated carbocycles. The number of ether oxygens (including phenoxy) is 1. The van der Waals surface area contributed by atoms with Gasteiger partial charge in [-0.05, 0) is 60.5 Å². The van der Waals surface area contributed by atoms with Crippen LogP contribution in [0.3, 0.4) is 0 Å². The Bertz CT molecular complexity index is 1080. The summed E-state index contributed by atoms with van der Waals surface area (Å²) in [4.78, 5) is -0.00108. The number of nitrogens with zero attached hydrogens (tertiary/aromatic N) is 1. The quantitative estimate of drug-likeness (QED) is 0.601. The molecule has 0 aromatic heterocycles. The molecule has 0 heterocycles. The second kappa shape index (κ2) is 7.98. The van der Waals surface area contributed by atoms with Crippen molar-refractivity contribution in [3.63, 3.8) is 0 Å². The highest BCUT2D eigenvalue weighted by Crippen LogP contribution is 2.30. The predicted molar refractivity (Wildman–Crippen MR) is 104 cm³/mol. The molecule has 3 aromatic rings. The number of aryl methyl sites for hydroxylation is 1. The third-order valence-electron chi connectivity index (χ3n) is 4.29. The topological polar surface area (TPSA) is 46.6 Å². The van der Waals surface area contributed by atoms with Crippen LogP contribution in [0, 0.1) is 18.6 Å². The molecule has 0 radical (unpaired) electrons. The van der Waals surface area contributed by atoms with Gasteiger partial charge in [0, 0.05) is 6.07 Å². The predicted octanol–water partition coefficient (Wildman–Crippen LogP) is 4.68. The standard InChI is InChI=1S/C21H19F2NO3S/c1-15-12-18(23)10-11-21(15)28(25,26)24(14-16-6-8-17(22)9-7-16)19-4-3-5-20(13-19)27-2/h3-13H,14H2,1-2H3. The average Bonchev–Trinajstić information content (AvgIpc) is 2.67. The van der Waals surface area contributed by atoms with E-state index in [4.69, 9.17) is 4.74 Å². The van der Waals surface area contributed by atoms with Crippen LogP contribution in [-0.2, 0) is 16.6 Å². The van der Waals surface area contributed by atoms with Crippen LogP contribution in [0.15, 0.2) is 71.6 Å². The number of halogens is 2. The van der Waals surface area contributed by atoms with E-state index >= 15 is 0 Å². The van der Waals surface area contributed by atoms with E-state index < -0.39 is 21.7 Å². The normalized spacial score (nSPS) is 11.3. The second-order valence-electron chi connectivity index (χ2n) is 6.25. The molecule has 0 unspecified atom stereocenters. The number of methoxy groups -OCH3 is 1. The lowest BCUT2D eigenvalue weighted by Crippen LogP contribution is -2.31. The molecule has 146 valence electrons. The molecule has 7 heteroatoms. The summed E-state index contributed by atoms with van der Waals surface area (Å²) in [5, 5.41) is 0. The highest BCUT2D eigenvalue weighted by Gasteiger charge is 2.27. The first-order valence-corrected chi connectivity index (χ1v) is 9.92. The van der Waals surface area contributed by atoms with Gasteiger partial charge in [-0.25, -0.2) is 17.2 Å². The van der Waals surface area contributed by atoms with Crippen molar-refractivity contribution in [1.82, 2.24) is 0 Å². The maximum absolute atomic E-state index is 13.5. The maximum Gasteiger partial charge on any atom is 0.264 e. The molecule has 0 atom stereocenters. The zero-order valence-corrected chi connectivity index (χ0v) is 16.2. The van der Waals surface area contributed by atoms with E-state index in [0.29, 0.717) is 22.6 Å². The second-order valence-corrected chi connectivity index (χ2v) is 8.08. The van der Waals surface area contributed by atoms with Gasteiger partial charge in [0.05, 0.1) is 24.2 Å². The summed E-state index contributed by atoms with van der Waals surface area (Å²) in [6.07, 6.45) is 0. The fourth-order valence-corrected chi connectivity index (χ4v) is 4.51. The van der Waals surface area contributed by atoms with Crippen molar-refractivity contribution in [1.29, 1.82) is 0 Å². The van der Waals surface area contributed by atoms with Gasteiger partial charge in [-0.15, -0.1) is 0 Å². The number of rotatable bonds is 6. The molecule has 4 nitrogen and oxygen atoms in total. The Labute approximate surface area is 163 Å². The number of hydrogen-bond donors (Lipinski definition) is 0. The van der Waals surface area contributed by atoms with E-state index in [2.05, 4.69) is 0 Å². The van der Waals surface area contributed by atoms with Gasteiger partial charge < -0.3 is 4.74 Å². The summed E-state index contributed by atoms with van der Waals surface area (Å²) in [7, 11) is -2.53. The summed E-state index contributed by atoms with van der Waals surface area (Å²) in [6, 6.07) is 15.7. The van der Waals surface area contributed by atoms with Gasteiger partial charge in [0.2, 0.25) is 0 Å². The van der Waals surface area contributed by atoms with E-state index in [1.54, 1.807) is 24.3 Å². The van der Waals surface area contributed by atoms with Gasteiger partial charge in [-0.1, -0.05) is 18.2 Å². The summed E-state index contributed by atoms with van der Waals surface area (Å²) in [5.41, 5.74) is 1.28. The lowest BCUT2D eigenvalue weighted by atomic mass is 10.2. The first-order valence-electron chi connectivity index (χ1n) is 8.48. The zero-order valence-electron chi connectivity index (χ0n) is 15.4. The highest BCUT2D eigenvalue weighted by molar-refractivity contribution is 7.92. The lowest BCUT2D eigenvalue weighted by Gasteiger charge is -2.26. The summed E-state index contributed by atoms with van der Waals surface area (Å²) >= 11 is 0. The number of anilines is 1. The number of sulfonamides is 1. The molecule has 0 aliphatic rings. The molecule has 0 bridgehead atoms. The van der Waals surface area contributed by atoms with Crippen LogP contribution in [0.4, 0.5) is 14.5 Å². The van der Waals surface area contributed by atoms with Crippen LogP contribution < -0.4 is 9.04 Å². The lowest BCUT2D eigenvalue weighted by molar-refractivity contribution is 0.415. The van der Waals surface area contributed by atoms with Crippen molar-refractivity contribution in [2.24, 2.45) is 0 Å². The van der Waals surface area contributed by atoms with E-state index in [0.717, 1.165) is 6.07 Å². The molecule has 0 N–H and O–H groups in total. The number of hydrogen-bond acceptors (Lipinski definition) is 3. The van der Waals surface area contributed by atoms with Crippen molar-refractivity contribution in [3.05, 3.63) is 89.5 Å². The molecule has 0 aliphatic carbocycles. The Morgan fingerprint density at radius 2 is 1.61 bits per heavy atom. The van der Waals surface area contributed by atoms with Crippen molar-refractivity contribution >= 4 is 15.7 Å². The fraction of sp³-hybridized carbons (Fsp3) is 0.143. The molecule has 0 saturated heterocycles. The van der Waals surface area contributed by atoms with Crippen LogP contribution in [0.5, 0.6) is 5.75 Å². The van der Waals surface area contributed by atoms with Gasteiger partial charge in [0.15, 0.2) is 0 Å². The van der Waals surface area contributed by atoms with Crippen LogP contribution in [0.2, 0.25) is 0 Å². The largest absolute Gasteiger partial charge is 0.497 e. The van der Waals surface area contributed by atoms with Gasteiger partial charge >= 0.3 is 0 Å². The SMILES string of the molecule is COc1cccc(N(Cc2ccc(F)cc2)S(=O)(=O)c2ccc(F)cc2C)c1. The maximum atomic E-state index is 13.5. The average molecular weight is 403 g/mol. The van der Waals surface area contributed by atoms with Gasteiger partial charge in [-0.2, -0.15) is 0 Å². The van der Waals surface area contributed by atoms with E-state index in [1.807, 2.05) is 0 Å². The van der Waals surface area contributed by atoms with Crippen molar-refractivity contribution in [2.75, 3.05) is 11.4 Å². The summed E-state index contributed by atoms with van der Waals surface area (Å²) in [5.74, 6) is -0.426. The smallest absolute Gasteiger partial charge is 0.264 e. The van der Waals surface area contributed by atoms with Crippen LogP contribution >= 0.6 is 0 Å². The Kier molecular flexibility index (Phi) is 5.65. The third kappa shape index (κ3) is 4.14. The molecular formula is C21H19F2NO3S. The zero-order chi connectivity index (χ0) is 20.3. The monoisotopic (exact) mass is 403 g/mol.